The van der Waals surface area contributed by atoms with Gasteiger partial charge in [-0.3, -0.25) is 0 Å². The molecule has 0 radical (unpaired) electrons. The third-order valence-corrected chi connectivity index (χ3v) is 10.7. The molecule has 10 rings (SSSR count). The van der Waals surface area contributed by atoms with Gasteiger partial charge in [-0.15, -0.1) is 0 Å². The van der Waals surface area contributed by atoms with E-state index in [0.29, 0.717) is 22.1 Å². The highest BCUT2D eigenvalue weighted by Gasteiger charge is 2.37. The molecule has 0 unspecified atom stereocenters. The summed E-state index contributed by atoms with van der Waals surface area (Å²) in [5.41, 5.74) is 4.21. The molecule has 0 aliphatic heterocycles. The van der Waals surface area contributed by atoms with Crippen LogP contribution in [0.15, 0.2) is 212 Å². The zero-order valence-corrected chi connectivity index (χ0v) is 30.7. The summed E-state index contributed by atoms with van der Waals surface area (Å²) in [5, 5.41) is 1.40. The van der Waals surface area contributed by atoms with Crippen LogP contribution in [0.1, 0.15) is 41.4 Å². The number of anilines is 3. The zero-order valence-electron chi connectivity index (χ0n) is 42.7. The van der Waals surface area contributed by atoms with Gasteiger partial charge < -0.3 is 4.90 Å². The number of nitrogens with zero attached hydrogens (tertiary/aromatic N) is 1. The molecule has 0 atom stereocenters. The Bertz CT molecular complexity index is 3520. The Hall–Kier alpha value is -6.96. The quantitative estimate of drug-likeness (QED) is 0.158. The number of rotatable bonds is 7. The fraction of sp³-hybridized carbons (Fsp3) is 0.0545. The maximum atomic E-state index is 9.92. The van der Waals surface area contributed by atoms with E-state index in [-0.39, 0.29) is 16.7 Å². The lowest BCUT2D eigenvalue weighted by molar-refractivity contribution is 0.662. The maximum absolute atomic E-state index is 9.92. The van der Waals surface area contributed by atoms with E-state index in [1.54, 1.807) is 48.5 Å². The molecule has 0 bridgehead atoms. The first-order valence-corrected chi connectivity index (χ1v) is 18.5. The lowest BCUT2D eigenvalue weighted by Gasteiger charge is -2.27. The Morgan fingerprint density at radius 3 is 1.79 bits per heavy atom. The van der Waals surface area contributed by atoms with Crippen molar-refractivity contribution in [2.24, 2.45) is 0 Å². The summed E-state index contributed by atoms with van der Waals surface area (Å²) in [5.74, 6) is 0. The second kappa shape index (κ2) is 13.7. The molecule has 9 aromatic carbocycles. The molecule has 1 heteroatoms. The molecule has 0 saturated carbocycles. The highest BCUT2D eigenvalue weighted by Crippen LogP contribution is 2.52. The zero-order chi connectivity index (χ0) is 48.1. The third-order valence-electron chi connectivity index (χ3n) is 10.7. The van der Waals surface area contributed by atoms with Gasteiger partial charge in [0.05, 0.1) is 16.4 Å². The number of hydrogen-bond acceptors (Lipinski definition) is 1. The van der Waals surface area contributed by atoms with E-state index in [0.717, 1.165) is 43.7 Å². The molecule has 0 saturated heterocycles. The van der Waals surface area contributed by atoms with Crippen LogP contribution < -0.4 is 4.90 Å². The molecule has 1 aliphatic carbocycles. The highest BCUT2D eigenvalue weighted by atomic mass is 15.1. The van der Waals surface area contributed by atoms with Gasteiger partial charge in [-0.25, -0.2) is 0 Å². The van der Waals surface area contributed by atoms with Crippen LogP contribution in [-0.2, 0) is 5.41 Å². The predicted octanol–water partition coefficient (Wildman–Crippen LogP) is 15.3. The van der Waals surface area contributed by atoms with Gasteiger partial charge in [-0.1, -0.05) is 184 Å². The molecule has 0 N–H and O–H groups in total. The SMILES string of the molecule is [2H]c1c([2H])c(-c2cccc3ccccc23)c([2H])c(N(c2c([2H])c([2H])c(-c3cccc(-c4ccccc4)c3)c([2H])c2[2H])c2c([2H])c([2H])c(-c3cccc4c3C(C)(C)c3ccccc3-4)c([2H])c2[2H])c1[2H]. The van der Waals surface area contributed by atoms with Gasteiger partial charge in [-0.05, 0) is 120 Å². The minimum Gasteiger partial charge on any atom is -0.310 e. The lowest BCUT2D eigenvalue weighted by atomic mass is 9.79. The summed E-state index contributed by atoms with van der Waals surface area (Å²) in [6.45, 7) is 4.09. The second-order valence-corrected chi connectivity index (χ2v) is 14.4. The van der Waals surface area contributed by atoms with Gasteiger partial charge in [-0.2, -0.15) is 0 Å². The molecular weight excluding hydrogens is 675 g/mol. The molecule has 9 aromatic rings. The summed E-state index contributed by atoms with van der Waals surface area (Å²) in [7, 11) is 0. The Kier molecular flexibility index (Phi) is 5.65. The van der Waals surface area contributed by atoms with Crippen LogP contribution >= 0.6 is 0 Å². The molecule has 0 heterocycles. The van der Waals surface area contributed by atoms with Crippen molar-refractivity contribution in [3.8, 4) is 55.6 Å². The van der Waals surface area contributed by atoms with Crippen molar-refractivity contribution in [1.82, 2.24) is 0 Å². The summed E-state index contributed by atoms with van der Waals surface area (Å²) in [6, 6.07) is 35.7. The van der Waals surface area contributed by atoms with Crippen LogP contribution in [0.4, 0.5) is 17.1 Å². The summed E-state index contributed by atoms with van der Waals surface area (Å²) < 4.78 is 115. The van der Waals surface area contributed by atoms with Crippen LogP contribution in [0.25, 0.3) is 66.4 Å². The number of fused-ring (bicyclic) bond motifs is 4. The first-order valence-electron chi connectivity index (χ1n) is 24.5. The first-order chi connectivity index (χ1) is 32.6. The lowest BCUT2D eigenvalue weighted by Crippen LogP contribution is -2.16. The molecule has 0 amide bonds. The number of hydrogen-bond donors (Lipinski definition) is 0. The van der Waals surface area contributed by atoms with Gasteiger partial charge in [0.25, 0.3) is 0 Å². The van der Waals surface area contributed by atoms with Crippen LogP contribution in [0.5, 0.6) is 0 Å². The van der Waals surface area contributed by atoms with E-state index in [9.17, 15) is 16.4 Å². The van der Waals surface area contributed by atoms with Crippen molar-refractivity contribution >= 4 is 27.8 Å². The predicted molar refractivity (Wildman–Crippen MR) is 238 cm³/mol. The summed E-state index contributed by atoms with van der Waals surface area (Å²) in [4.78, 5) is 0.918. The van der Waals surface area contributed by atoms with Gasteiger partial charge >= 0.3 is 0 Å². The average molecular weight is 728 g/mol. The standard InChI is InChI=1S/C55H41N/c1-55(2)53-27-9-8-23-51(53)52-26-13-25-50(54(52)55)41-30-34-46(35-31-41)56(47-21-11-20-44(37-47)49-24-12-17-40-16-6-7-22-48(40)49)45-32-28-39(29-33-45)43-19-10-18-42(36-43)38-14-4-3-5-15-38/h3-37H,1-2H3/i11D,20D,21D,28D,29D,30D,31D,32D,33D,34D,35D,37D. The molecular formula is C55H41N. The van der Waals surface area contributed by atoms with E-state index >= 15 is 0 Å². The van der Waals surface area contributed by atoms with Crippen LogP contribution in [0.2, 0.25) is 0 Å². The van der Waals surface area contributed by atoms with Crippen molar-refractivity contribution < 1.29 is 16.4 Å². The van der Waals surface area contributed by atoms with Gasteiger partial charge in [0.2, 0.25) is 0 Å². The van der Waals surface area contributed by atoms with Gasteiger partial charge in [0, 0.05) is 22.5 Å². The third kappa shape index (κ3) is 5.81. The minimum absolute atomic E-state index is 0.00837. The van der Waals surface area contributed by atoms with Crippen molar-refractivity contribution in [3.05, 3.63) is 223 Å². The van der Waals surface area contributed by atoms with Crippen LogP contribution in [0.3, 0.4) is 0 Å². The Morgan fingerprint density at radius 1 is 0.411 bits per heavy atom. The normalized spacial score (nSPS) is 15.6. The fourth-order valence-electron chi connectivity index (χ4n) is 8.01. The Labute approximate surface area is 346 Å². The van der Waals surface area contributed by atoms with Crippen molar-refractivity contribution in [2.75, 3.05) is 4.90 Å². The first kappa shape index (κ1) is 23.1. The van der Waals surface area contributed by atoms with Crippen molar-refractivity contribution in [2.45, 2.75) is 19.3 Å². The second-order valence-electron chi connectivity index (χ2n) is 14.4. The van der Waals surface area contributed by atoms with E-state index in [1.165, 1.54) is 0 Å². The average Bonchev–Trinajstić information content (AvgIpc) is 3.58. The van der Waals surface area contributed by atoms with Crippen LogP contribution in [0, 0.1) is 0 Å². The Balaban J connectivity index is 1.28. The van der Waals surface area contributed by atoms with Crippen molar-refractivity contribution in [1.29, 1.82) is 0 Å². The maximum Gasteiger partial charge on any atom is 0.0651 e. The molecule has 1 nitrogen and oxygen atoms in total. The minimum atomic E-state index is -0.721. The van der Waals surface area contributed by atoms with E-state index in [1.807, 2.05) is 105 Å². The molecule has 1 aliphatic rings. The van der Waals surface area contributed by atoms with Gasteiger partial charge in [0.1, 0.15) is 0 Å². The van der Waals surface area contributed by atoms with E-state index in [2.05, 4.69) is 0 Å². The topological polar surface area (TPSA) is 3.24 Å². The Morgan fingerprint density at radius 2 is 0.982 bits per heavy atom. The summed E-state index contributed by atoms with van der Waals surface area (Å²) >= 11 is 0. The number of benzene rings is 9. The summed E-state index contributed by atoms with van der Waals surface area (Å²) in [6.07, 6.45) is 0. The fourth-order valence-corrected chi connectivity index (χ4v) is 8.01. The van der Waals surface area contributed by atoms with E-state index < -0.39 is 95.0 Å². The smallest absolute Gasteiger partial charge is 0.0651 e. The highest BCUT2D eigenvalue weighted by molar-refractivity contribution is 5.97. The largest absolute Gasteiger partial charge is 0.310 e. The monoisotopic (exact) mass is 727 g/mol. The molecule has 0 spiro atoms. The molecule has 0 aromatic heterocycles. The van der Waals surface area contributed by atoms with Gasteiger partial charge in [0.15, 0.2) is 0 Å². The molecule has 56 heavy (non-hydrogen) atoms. The van der Waals surface area contributed by atoms with E-state index in [4.69, 9.17) is 0 Å². The van der Waals surface area contributed by atoms with Crippen molar-refractivity contribution in [3.63, 3.8) is 0 Å². The molecule has 0 fully saturated rings. The van der Waals surface area contributed by atoms with Crippen LogP contribution in [-0.4, -0.2) is 0 Å². The molecule has 266 valence electrons.